The van der Waals surface area contributed by atoms with Gasteiger partial charge in [0.25, 0.3) is 5.91 Å². The zero-order valence-corrected chi connectivity index (χ0v) is 17.5. The Kier molecular flexibility index (Phi) is 8.35. The molecule has 0 aliphatic rings. The lowest BCUT2D eigenvalue weighted by Gasteiger charge is -2.08. The largest absolute Gasteiger partial charge is 0.484 e. The predicted molar refractivity (Wildman–Crippen MR) is 114 cm³/mol. The van der Waals surface area contributed by atoms with E-state index in [1.165, 1.54) is 6.21 Å². The summed E-state index contributed by atoms with van der Waals surface area (Å²) in [6, 6.07) is 13.8. The highest BCUT2D eigenvalue weighted by atomic mass is 79.9. The van der Waals surface area contributed by atoms with Crippen LogP contribution >= 0.6 is 15.9 Å². The van der Waals surface area contributed by atoms with Crippen molar-refractivity contribution in [1.29, 1.82) is 0 Å². The van der Waals surface area contributed by atoms with E-state index >= 15 is 0 Å². The molecule has 152 valence electrons. The number of nitrogens with one attached hydrogen (secondary N) is 3. The zero-order chi connectivity index (χ0) is 21.2. The average Bonchev–Trinajstić information content (AvgIpc) is 2.68. The minimum Gasteiger partial charge on any atom is -0.484 e. The number of nitrogens with zero attached hydrogens (tertiary/aromatic N) is 1. The van der Waals surface area contributed by atoms with Gasteiger partial charge in [-0.1, -0.05) is 15.9 Å². The molecule has 2 aromatic carbocycles. The Labute approximate surface area is 176 Å². The van der Waals surface area contributed by atoms with Crippen molar-refractivity contribution in [3.8, 4) is 5.75 Å². The Balaban J connectivity index is 1.77. The smallest absolute Gasteiger partial charge is 0.329 e. The highest BCUT2D eigenvalue weighted by Crippen LogP contribution is 2.14. The first-order valence-corrected chi connectivity index (χ1v) is 9.55. The van der Waals surface area contributed by atoms with E-state index in [4.69, 9.17) is 4.74 Å². The molecule has 0 unspecified atom stereocenters. The second kappa shape index (κ2) is 11.0. The lowest BCUT2D eigenvalue weighted by molar-refractivity contribution is -0.139. The van der Waals surface area contributed by atoms with Gasteiger partial charge >= 0.3 is 11.8 Å². The molecule has 9 heteroatoms. The normalized spacial score (nSPS) is 10.6. The summed E-state index contributed by atoms with van der Waals surface area (Å²) in [7, 11) is 0. The van der Waals surface area contributed by atoms with Crippen molar-refractivity contribution in [2.45, 2.75) is 19.9 Å². The molecule has 0 bridgehead atoms. The molecular formula is C20H21BrN4O4. The lowest BCUT2D eigenvalue weighted by atomic mass is 10.2. The Bertz CT molecular complexity index is 880. The van der Waals surface area contributed by atoms with Crippen molar-refractivity contribution in [2.24, 2.45) is 5.10 Å². The fraction of sp³-hybridized carbons (Fsp3) is 0.200. The number of carbonyl (C=O) groups is 3. The van der Waals surface area contributed by atoms with E-state index in [1.807, 2.05) is 12.1 Å². The molecule has 0 aromatic heterocycles. The summed E-state index contributed by atoms with van der Waals surface area (Å²) in [5.74, 6) is -1.36. The van der Waals surface area contributed by atoms with Crippen LogP contribution in [-0.4, -0.2) is 36.6 Å². The van der Waals surface area contributed by atoms with Crippen LogP contribution in [0, 0.1) is 0 Å². The van der Waals surface area contributed by atoms with Gasteiger partial charge < -0.3 is 15.4 Å². The third-order valence-corrected chi connectivity index (χ3v) is 3.91. The van der Waals surface area contributed by atoms with E-state index in [0.29, 0.717) is 17.0 Å². The number of hydrogen-bond acceptors (Lipinski definition) is 5. The van der Waals surface area contributed by atoms with Crippen molar-refractivity contribution in [3.05, 3.63) is 58.6 Å². The molecule has 0 aliphatic carbocycles. The fourth-order valence-corrected chi connectivity index (χ4v) is 2.34. The first-order valence-electron chi connectivity index (χ1n) is 8.75. The Morgan fingerprint density at radius 2 is 1.69 bits per heavy atom. The van der Waals surface area contributed by atoms with Gasteiger partial charge in [0.1, 0.15) is 5.75 Å². The molecule has 0 spiro atoms. The molecule has 3 N–H and O–H groups in total. The van der Waals surface area contributed by atoms with Crippen LogP contribution in [0.2, 0.25) is 0 Å². The van der Waals surface area contributed by atoms with Crippen LogP contribution in [-0.2, 0) is 14.4 Å². The standard InChI is InChI=1S/C20H21BrN4O4/c1-13(2)23-19(27)20(28)25-22-11-14-3-9-17(10-4-14)29-12-18(26)24-16-7-5-15(21)6-8-16/h3-11,13H,12H2,1-2H3,(H,23,27)(H,24,26)(H,25,28)/b22-11-. The number of anilines is 1. The third kappa shape index (κ3) is 8.14. The number of ether oxygens (including phenoxy) is 1. The summed E-state index contributed by atoms with van der Waals surface area (Å²) in [6.45, 7) is 3.37. The first-order chi connectivity index (χ1) is 13.8. The molecule has 0 saturated heterocycles. The minimum atomic E-state index is -0.841. The van der Waals surface area contributed by atoms with Crippen LogP contribution in [0.1, 0.15) is 19.4 Å². The quantitative estimate of drug-likeness (QED) is 0.334. The number of hydrazone groups is 1. The molecular weight excluding hydrogens is 440 g/mol. The van der Waals surface area contributed by atoms with Gasteiger partial charge in [-0.15, -0.1) is 0 Å². The van der Waals surface area contributed by atoms with Gasteiger partial charge in [-0.2, -0.15) is 5.10 Å². The van der Waals surface area contributed by atoms with Crippen molar-refractivity contribution < 1.29 is 19.1 Å². The maximum Gasteiger partial charge on any atom is 0.329 e. The van der Waals surface area contributed by atoms with Gasteiger partial charge in [-0.25, -0.2) is 5.43 Å². The molecule has 0 saturated carbocycles. The molecule has 2 rings (SSSR count). The zero-order valence-electron chi connectivity index (χ0n) is 15.9. The third-order valence-electron chi connectivity index (χ3n) is 3.38. The number of hydrogen-bond donors (Lipinski definition) is 3. The molecule has 29 heavy (non-hydrogen) atoms. The highest BCUT2D eigenvalue weighted by Gasteiger charge is 2.12. The Morgan fingerprint density at radius 3 is 2.31 bits per heavy atom. The van der Waals surface area contributed by atoms with Crippen molar-refractivity contribution in [1.82, 2.24) is 10.7 Å². The molecule has 3 amide bonds. The molecule has 0 aliphatic heterocycles. The summed E-state index contributed by atoms with van der Waals surface area (Å²) in [5, 5.41) is 8.93. The van der Waals surface area contributed by atoms with Crippen LogP contribution in [0.4, 0.5) is 5.69 Å². The van der Waals surface area contributed by atoms with E-state index in [2.05, 4.69) is 37.1 Å². The maximum atomic E-state index is 11.9. The van der Waals surface area contributed by atoms with Crippen molar-refractivity contribution in [3.63, 3.8) is 0 Å². The van der Waals surface area contributed by atoms with Crippen LogP contribution in [0.15, 0.2) is 58.1 Å². The van der Waals surface area contributed by atoms with Crippen molar-refractivity contribution >= 4 is 45.6 Å². The van der Waals surface area contributed by atoms with Gasteiger partial charge in [-0.3, -0.25) is 14.4 Å². The number of amides is 3. The van der Waals surface area contributed by atoms with E-state index in [1.54, 1.807) is 50.2 Å². The van der Waals surface area contributed by atoms with E-state index in [0.717, 1.165) is 4.47 Å². The highest BCUT2D eigenvalue weighted by molar-refractivity contribution is 9.10. The average molecular weight is 461 g/mol. The second-order valence-corrected chi connectivity index (χ2v) is 7.16. The Morgan fingerprint density at radius 1 is 1.03 bits per heavy atom. The van der Waals surface area contributed by atoms with Gasteiger partial charge in [0, 0.05) is 16.2 Å². The number of rotatable bonds is 7. The monoisotopic (exact) mass is 460 g/mol. The van der Waals surface area contributed by atoms with Gasteiger partial charge in [-0.05, 0) is 67.9 Å². The molecule has 0 atom stereocenters. The second-order valence-electron chi connectivity index (χ2n) is 6.24. The molecule has 0 heterocycles. The molecule has 2 aromatic rings. The topological polar surface area (TPSA) is 109 Å². The van der Waals surface area contributed by atoms with Crippen LogP contribution in [0.25, 0.3) is 0 Å². The van der Waals surface area contributed by atoms with Crippen LogP contribution in [0.5, 0.6) is 5.75 Å². The van der Waals surface area contributed by atoms with Crippen LogP contribution < -0.4 is 20.8 Å². The first kappa shape index (κ1) is 22.1. The van der Waals surface area contributed by atoms with E-state index in [-0.39, 0.29) is 18.6 Å². The fourth-order valence-electron chi connectivity index (χ4n) is 2.07. The number of carbonyl (C=O) groups excluding carboxylic acids is 3. The van der Waals surface area contributed by atoms with E-state index < -0.39 is 11.8 Å². The van der Waals surface area contributed by atoms with Gasteiger partial charge in [0.05, 0.1) is 6.21 Å². The van der Waals surface area contributed by atoms with Gasteiger partial charge in [0.2, 0.25) is 0 Å². The van der Waals surface area contributed by atoms with E-state index in [9.17, 15) is 14.4 Å². The molecule has 0 fully saturated rings. The number of benzene rings is 2. The number of halogens is 1. The summed E-state index contributed by atoms with van der Waals surface area (Å²) in [6.07, 6.45) is 1.39. The summed E-state index contributed by atoms with van der Waals surface area (Å²) >= 11 is 3.33. The SMILES string of the molecule is CC(C)NC(=O)C(=O)N/N=C\c1ccc(OCC(=O)Nc2ccc(Br)cc2)cc1. The summed E-state index contributed by atoms with van der Waals surface area (Å²) in [5.41, 5.74) is 3.51. The lowest BCUT2D eigenvalue weighted by Crippen LogP contribution is -2.41. The summed E-state index contributed by atoms with van der Waals surface area (Å²) < 4.78 is 6.37. The maximum absolute atomic E-state index is 11.9. The minimum absolute atomic E-state index is 0.134. The Hall–Kier alpha value is -3.20. The van der Waals surface area contributed by atoms with Gasteiger partial charge in [0.15, 0.2) is 6.61 Å². The molecule has 0 radical (unpaired) electrons. The molecule has 8 nitrogen and oxygen atoms in total. The van der Waals surface area contributed by atoms with Crippen LogP contribution in [0.3, 0.4) is 0 Å². The summed E-state index contributed by atoms with van der Waals surface area (Å²) in [4.78, 5) is 34.9. The van der Waals surface area contributed by atoms with Crippen molar-refractivity contribution in [2.75, 3.05) is 11.9 Å². The predicted octanol–water partition coefficient (Wildman–Crippen LogP) is 2.44.